The number of benzene rings is 1. The molecular weight excluding hydrogens is 258 g/mol. The van der Waals surface area contributed by atoms with Gasteiger partial charge in [0.2, 0.25) is 5.91 Å². The van der Waals surface area contributed by atoms with Crippen molar-refractivity contribution in [3.63, 3.8) is 0 Å². The lowest BCUT2D eigenvalue weighted by Crippen LogP contribution is -2.26. The molecule has 3 rings (SSSR count). The quantitative estimate of drug-likeness (QED) is 0.839. The summed E-state index contributed by atoms with van der Waals surface area (Å²) < 4.78 is 0. The second kappa shape index (κ2) is 3.81. The zero-order valence-electron chi connectivity index (χ0n) is 11.1. The monoisotopic (exact) mass is 273 g/mol. The van der Waals surface area contributed by atoms with E-state index in [0.29, 0.717) is 5.13 Å². The molecule has 98 valence electrons. The van der Waals surface area contributed by atoms with Gasteiger partial charge >= 0.3 is 0 Å². The second-order valence-electron chi connectivity index (χ2n) is 5.37. The van der Waals surface area contributed by atoms with Gasteiger partial charge in [0.15, 0.2) is 5.13 Å². The van der Waals surface area contributed by atoms with Crippen LogP contribution in [0.25, 0.3) is 11.3 Å². The minimum atomic E-state index is -0.502. The lowest BCUT2D eigenvalue weighted by molar-refractivity contribution is -0.119. The van der Waals surface area contributed by atoms with Crippen molar-refractivity contribution in [1.82, 2.24) is 4.98 Å². The molecule has 3 N–H and O–H groups in total. The first kappa shape index (κ1) is 12.2. The molecule has 0 saturated heterocycles. The summed E-state index contributed by atoms with van der Waals surface area (Å²) >= 11 is 1.42. The molecule has 2 aromatic rings. The molecule has 0 bridgehead atoms. The van der Waals surface area contributed by atoms with Gasteiger partial charge in [0.05, 0.1) is 11.1 Å². The minimum Gasteiger partial charge on any atom is -0.375 e. The number of nitrogens with zero attached hydrogens (tertiary/aromatic N) is 1. The summed E-state index contributed by atoms with van der Waals surface area (Å²) in [6.45, 7) is 5.87. The van der Waals surface area contributed by atoms with Crippen LogP contribution in [-0.2, 0) is 10.2 Å². The number of nitrogen functional groups attached to an aromatic ring is 1. The number of nitrogens with one attached hydrogen (secondary N) is 1. The molecule has 0 saturated carbocycles. The number of anilines is 2. The molecule has 0 atom stereocenters. The molecule has 19 heavy (non-hydrogen) atoms. The Balaban J connectivity index is 2.20. The van der Waals surface area contributed by atoms with E-state index in [1.165, 1.54) is 11.3 Å². The predicted octanol–water partition coefficient (Wildman–Crippen LogP) is 2.93. The topological polar surface area (TPSA) is 68.0 Å². The van der Waals surface area contributed by atoms with Crippen molar-refractivity contribution < 1.29 is 4.79 Å². The fourth-order valence-electron chi connectivity index (χ4n) is 2.41. The molecule has 1 aromatic carbocycles. The van der Waals surface area contributed by atoms with Gasteiger partial charge in [-0.15, -0.1) is 11.3 Å². The standard InChI is InChI=1S/C14H15N3OS/c1-7-4-8(10-6-19-13(15)16-10)5-9-11(7)17-12(18)14(9,2)3/h4-6H,1-3H3,(H2,15,16)(H,17,18). The van der Waals surface area contributed by atoms with Crippen LogP contribution >= 0.6 is 11.3 Å². The third kappa shape index (κ3) is 1.73. The number of aromatic nitrogens is 1. The van der Waals surface area contributed by atoms with Gasteiger partial charge in [-0.1, -0.05) is 0 Å². The summed E-state index contributed by atoms with van der Waals surface area (Å²) in [6, 6.07) is 4.07. The van der Waals surface area contributed by atoms with E-state index in [0.717, 1.165) is 28.1 Å². The van der Waals surface area contributed by atoms with Crippen molar-refractivity contribution in [2.75, 3.05) is 11.1 Å². The van der Waals surface area contributed by atoms with Crippen molar-refractivity contribution in [3.8, 4) is 11.3 Å². The van der Waals surface area contributed by atoms with E-state index in [4.69, 9.17) is 5.73 Å². The maximum Gasteiger partial charge on any atom is 0.234 e. The molecular formula is C14H15N3OS. The van der Waals surface area contributed by atoms with E-state index < -0.39 is 5.41 Å². The largest absolute Gasteiger partial charge is 0.375 e. The maximum absolute atomic E-state index is 12.0. The van der Waals surface area contributed by atoms with Crippen LogP contribution in [0.15, 0.2) is 17.5 Å². The number of amides is 1. The number of carbonyl (C=O) groups excluding carboxylic acids is 1. The Labute approximate surface area is 115 Å². The molecule has 5 heteroatoms. The Morgan fingerprint density at radius 3 is 2.74 bits per heavy atom. The van der Waals surface area contributed by atoms with Gasteiger partial charge in [-0.2, -0.15) is 0 Å². The Morgan fingerprint density at radius 1 is 1.37 bits per heavy atom. The van der Waals surface area contributed by atoms with Gasteiger partial charge in [-0.05, 0) is 44.0 Å². The Bertz CT molecular complexity index is 688. The smallest absolute Gasteiger partial charge is 0.234 e. The van der Waals surface area contributed by atoms with E-state index >= 15 is 0 Å². The first-order valence-electron chi connectivity index (χ1n) is 6.07. The minimum absolute atomic E-state index is 0.0422. The van der Waals surface area contributed by atoms with Crippen LogP contribution in [0.5, 0.6) is 0 Å². The summed E-state index contributed by atoms with van der Waals surface area (Å²) in [5.74, 6) is 0.0422. The average Bonchev–Trinajstić information content (AvgIpc) is 2.85. The van der Waals surface area contributed by atoms with E-state index in [-0.39, 0.29) is 5.91 Å². The van der Waals surface area contributed by atoms with Gasteiger partial charge in [0.25, 0.3) is 0 Å². The van der Waals surface area contributed by atoms with Crippen molar-refractivity contribution in [2.24, 2.45) is 0 Å². The number of aryl methyl sites for hydroxylation is 1. The fourth-order valence-corrected chi connectivity index (χ4v) is 2.98. The zero-order valence-corrected chi connectivity index (χ0v) is 11.9. The van der Waals surface area contributed by atoms with Crippen molar-refractivity contribution in [3.05, 3.63) is 28.6 Å². The second-order valence-corrected chi connectivity index (χ2v) is 6.26. The van der Waals surface area contributed by atoms with Crippen LogP contribution in [0, 0.1) is 6.92 Å². The van der Waals surface area contributed by atoms with E-state index in [9.17, 15) is 4.79 Å². The van der Waals surface area contributed by atoms with Gasteiger partial charge in [0, 0.05) is 16.6 Å². The lowest BCUT2D eigenvalue weighted by atomic mass is 9.84. The average molecular weight is 273 g/mol. The summed E-state index contributed by atoms with van der Waals surface area (Å²) in [6.07, 6.45) is 0. The fraction of sp³-hybridized carbons (Fsp3) is 0.286. The highest BCUT2D eigenvalue weighted by Gasteiger charge is 2.39. The van der Waals surface area contributed by atoms with E-state index in [2.05, 4.69) is 10.3 Å². The van der Waals surface area contributed by atoms with Crippen LogP contribution < -0.4 is 11.1 Å². The Kier molecular flexibility index (Phi) is 2.44. The highest BCUT2D eigenvalue weighted by atomic mass is 32.1. The van der Waals surface area contributed by atoms with Crippen molar-refractivity contribution in [2.45, 2.75) is 26.2 Å². The summed E-state index contributed by atoms with van der Waals surface area (Å²) in [5, 5.41) is 5.45. The molecule has 0 unspecified atom stereocenters. The number of thiazole rings is 1. The Hall–Kier alpha value is -1.88. The molecule has 1 aromatic heterocycles. The molecule has 0 aliphatic carbocycles. The van der Waals surface area contributed by atoms with Gasteiger partial charge < -0.3 is 11.1 Å². The molecule has 0 radical (unpaired) electrons. The normalized spacial score (nSPS) is 16.3. The molecule has 0 fully saturated rings. The zero-order chi connectivity index (χ0) is 13.8. The summed E-state index contributed by atoms with van der Waals surface area (Å²) in [7, 11) is 0. The number of carbonyl (C=O) groups is 1. The SMILES string of the molecule is Cc1cc(-c2csc(N)n2)cc2c1NC(=O)C2(C)C. The summed E-state index contributed by atoms with van der Waals surface area (Å²) in [4.78, 5) is 16.3. The molecule has 1 amide bonds. The number of fused-ring (bicyclic) bond motifs is 1. The first-order valence-corrected chi connectivity index (χ1v) is 6.95. The van der Waals surface area contributed by atoms with Crippen molar-refractivity contribution >= 4 is 28.1 Å². The van der Waals surface area contributed by atoms with Gasteiger partial charge in [-0.3, -0.25) is 4.79 Å². The Morgan fingerprint density at radius 2 is 2.11 bits per heavy atom. The van der Waals surface area contributed by atoms with Gasteiger partial charge in [-0.25, -0.2) is 4.98 Å². The third-order valence-electron chi connectivity index (χ3n) is 3.63. The van der Waals surface area contributed by atoms with Crippen molar-refractivity contribution in [1.29, 1.82) is 0 Å². The summed E-state index contributed by atoms with van der Waals surface area (Å²) in [5.41, 5.74) is 10.1. The maximum atomic E-state index is 12.0. The van der Waals surface area contributed by atoms with Crippen LogP contribution in [0.3, 0.4) is 0 Å². The number of rotatable bonds is 1. The van der Waals surface area contributed by atoms with Crippen LogP contribution in [0.4, 0.5) is 10.8 Å². The van der Waals surface area contributed by atoms with Gasteiger partial charge in [0.1, 0.15) is 0 Å². The highest BCUT2D eigenvalue weighted by Crippen LogP contribution is 2.41. The molecule has 1 aliphatic heterocycles. The molecule has 2 heterocycles. The van der Waals surface area contributed by atoms with Crippen LogP contribution in [0.1, 0.15) is 25.0 Å². The van der Waals surface area contributed by atoms with Crippen LogP contribution in [0.2, 0.25) is 0 Å². The number of nitrogens with two attached hydrogens (primary N) is 1. The lowest BCUT2D eigenvalue weighted by Gasteiger charge is -2.16. The van der Waals surface area contributed by atoms with Crippen LogP contribution in [-0.4, -0.2) is 10.9 Å². The first-order chi connectivity index (χ1) is 8.89. The molecule has 1 aliphatic rings. The third-order valence-corrected chi connectivity index (χ3v) is 4.31. The number of hydrogen-bond acceptors (Lipinski definition) is 4. The van der Waals surface area contributed by atoms with E-state index in [1.54, 1.807) is 0 Å². The highest BCUT2D eigenvalue weighted by molar-refractivity contribution is 7.13. The predicted molar refractivity (Wildman–Crippen MR) is 78.4 cm³/mol. The molecule has 0 spiro atoms. The molecule has 4 nitrogen and oxygen atoms in total. The number of hydrogen-bond donors (Lipinski definition) is 2. The van der Waals surface area contributed by atoms with E-state index in [1.807, 2.05) is 38.3 Å².